The van der Waals surface area contributed by atoms with E-state index in [0.717, 1.165) is 37.0 Å². The van der Waals surface area contributed by atoms with Gasteiger partial charge in [-0.2, -0.15) is 0 Å². The first-order valence-electron chi connectivity index (χ1n) is 10.5. The highest BCUT2D eigenvalue weighted by molar-refractivity contribution is 6.06. The molecular weight excluding hydrogens is 364 g/mol. The van der Waals surface area contributed by atoms with Crippen LogP contribution >= 0.6 is 0 Å². The summed E-state index contributed by atoms with van der Waals surface area (Å²) >= 11 is 0. The number of para-hydroxylation sites is 2. The maximum absolute atomic E-state index is 12.8. The van der Waals surface area contributed by atoms with Gasteiger partial charge in [-0.05, 0) is 80.5 Å². The van der Waals surface area contributed by atoms with Gasteiger partial charge in [0.1, 0.15) is 5.75 Å². The Morgan fingerprint density at radius 1 is 0.828 bits per heavy atom. The van der Waals surface area contributed by atoms with Crippen molar-refractivity contribution in [2.24, 2.45) is 17.8 Å². The van der Waals surface area contributed by atoms with Crippen LogP contribution in [-0.4, -0.2) is 17.5 Å². The molecule has 4 saturated carbocycles. The van der Waals surface area contributed by atoms with Gasteiger partial charge in [-0.25, -0.2) is 4.79 Å². The van der Waals surface area contributed by atoms with E-state index >= 15 is 0 Å². The molecule has 2 aromatic carbocycles. The van der Waals surface area contributed by atoms with Crippen molar-refractivity contribution in [1.82, 2.24) is 5.32 Å². The van der Waals surface area contributed by atoms with Crippen LogP contribution in [-0.2, 0) is 0 Å². The molecule has 0 unspecified atom stereocenters. The number of rotatable bonds is 4. The maximum atomic E-state index is 12.8. The number of hydrogen-bond donors (Lipinski definition) is 2. The lowest BCUT2D eigenvalue weighted by molar-refractivity contribution is -0.0161. The molecule has 4 bridgehead atoms. The second kappa shape index (κ2) is 7.21. The minimum absolute atomic E-state index is 0.118. The monoisotopic (exact) mass is 390 g/mol. The van der Waals surface area contributed by atoms with Crippen LogP contribution < -0.4 is 15.4 Å². The molecule has 2 N–H and O–H groups in total. The molecule has 5 heteroatoms. The van der Waals surface area contributed by atoms with Gasteiger partial charge >= 0.3 is 6.09 Å². The smallest absolute Gasteiger partial charge is 0.409 e. The summed E-state index contributed by atoms with van der Waals surface area (Å²) < 4.78 is 5.63. The molecule has 0 aliphatic heterocycles. The molecule has 29 heavy (non-hydrogen) atoms. The van der Waals surface area contributed by atoms with Gasteiger partial charge in [0.2, 0.25) is 0 Å². The van der Waals surface area contributed by atoms with E-state index in [9.17, 15) is 9.59 Å². The average Bonchev–Trinajstić information content (AvgIpc) is 2.67. The van der Waals surface area contributed by atoms with E-state index in [1.165, 1.54) is 19.3 Å². The summed E-state index contributed by atoms with van der Waals surface area (Å²) in [5, 5.41) is 6.04. The topological polar surface area (TPSA) is 67.4 Å². The lowest BCUT2D eigenvalue weighted by Crippen LogP contribution is -2.60. The van der Waals surface area contributed by atoms with Crippen LogP contribution in [0.1, 0.15) is 48.9 Å². The fraction of sp³-hybridized carbons (Fsp3) is 0.417. The third kappa shape index (κ3) is 3.74. The molecule has 0 heterocycles. The van der Waals surface area contributed by atoms with Gasteiger partial charge in [-0.15, -0.1) is 0 Å². The Kier molecular flexibility index (Phi) is 4.53. The van der Waals surface area contributed by atoms with E-state index in [1.807, 2.05) is 30.3 Å². The molecule has 4 fully saturated rings. The van der Waals surface area contributed by atoms with Crippen molar-refractivity contribution in [2.45, 2.75) is 44.1 Å². The van der Waals surface area contributed by atoms with Gasteiger partial charge < -0.3 is 15.4 Å². The third-order valence-corrected chi connectivity index (χ3v) is 6.77. The Morgan fingerprint density at radius 3 is 2.07 bits per heavy atom. The number of nitrogens with one attached hydrogen (secondary N) is 2. The van der Waals surface area contributed by atoms with Crippen molar-refractivity contribution < 1.29 is 14.3 Å². The molecule has 0 atom stereocenters. The molecule has 0 spiro atoms. The van der Waals surface area contributed by atoms with Gasteiger partial charge in [0, 0.05) is 11.2 Å². The van der Waals surface area contributed by atoms with E-state index in [-0.39, 0.29) is 17.2 Å². The Bertz CT molecular complexity index is 889. The molecule has 150 valence electrons. The highest BCUT2D eigenvalue weighted by Gasteiger charge is 2.51. The summed E-state index contributed by atoms with van der Waals surface area (Å²) in [7, 11) is 0. The molecule has 0 saturated heterocycles. The largest absolute Gasteiger partial charge is 0.413 e. The molecule has 2 aromatic rings. The number of amides is 2. The fourth-order valence-electron chi connectivity index (χ4n) is 6.07. The quantitative estimate of drug-likeness (QED) is 0.772. The first-order chi connectivity index (χ1) is 14.1. The summed E-state index contributed by atoms with van der Waals surface area (Å²) in [6.45, 7) is 0. The van der Waals surface area contributed by atoms with Gasteiger partial charge in [-0.1, -0.05) is 30.3 Å². The zero-order chi connectivity index (χ0) is 19.8. The molecule has 6 rings (SSSR count). The predicted octanol–water partition coefficient (Wildman–Crippen LogP) is 5.00. The summed E-state index contributed by atoms with van der Waals surface area (Å²) in [6.07, 6.45) is 6.68. The van der Waals surface area contributed by atoms with E-state index < -0.39 is 6.09 Å². The molecule has 0 aromatic heterocycles. The van der Waals surface area contributed by atoms with Crippen molar-refractivity contribution in [3.8, 4) is 5.75 Å². The van der Waals surface area contributed by atoms with E-state index in [2.05, 4.69) is 10.6 Å². The van der Waals surface area contributed by atoms with Crippen LogP contribution in [0.5, 0.6) is 5.75 Å². The van der Waals surface area contributed by atoms with Crippen LogP contribution in [0.15, 0.2) is 54.6 Å². The van der Waals surface area contributed by atoms with Crippen LogP contribution in [0.2, 0.25) is 0 Å². The Hall–Kier alpha value is -2.82. The van der Waals surface area contributed by atoms with E-state index in [1.54, 1.807) is 24.3 Å². The van der Waals surface area contributed by atoms with Crippen LogP contribution in [0.25, 0.3) is 0 Å². The summed E-state index contributed by atoms with van der Waals surface area (Å²) in [5.74, 6) is 2.21. The molecule has 2 amide bonds. The fourth-order valence-corrected chi connectivity index (χ4v) is 6.07. The number of benzene rings is 2. The molecule has 0 radical (unpaired) electrons. The van der Waals surface area contributed by atoms with Crippen molar-refractivity contribution >= 4 is 17.7 Å². The zero-order valence-corrected chi connectivity index (χ0v) is 16.4. The standard InChI is InChI=1S/C24H26N2O3/c27-22(25-19-6-2-1-3-7-19)20-8-4-5-9-21(20)29-23(28)26-24-13-16-10-17(14-24)12-18(11-16)15-24/h1-9,16-18H,10-15H2,(H,25,27)(H,26,28). The van der Waals surface area contributed by atoms with E-state index in [4.69, 9.17) is 4.74 Å². The Balaban J connectivity index is 1.28. The maximum Gasteiger partial charge on any atom is 0.413 e. The number of ether oxygens (including phenoxy) is 1. The first-order valence-corrected chi connectivity index (χ1v) is 10.5. The Labute approximate surface area is 170 Å². The van der Waals surface area contributed by atoms with Gasteiger partial charge in [-0.3, -0.25) is 4.79 Å². The second-order valence-electron chi connectivity index (χ2n) is 9.03. The highest BCUT2D eigenvalue weighted by atomic mass is 16.6. The summed E-state index contributed by atoms with van der Waals surface area (Å²) in [5.41, 5.74) is 0.926. The number of carbonyl (C=O) groups is 2. The van der Waals surface area contributed by atoms with Crippen molar-refractivity contribution in [3.05, 3.63) is 60.2 Å². The van der Waals surface area contributed by atoms with Gasteiger partial charge in [0.05, 0.1) is 5.56 Å². The molecule has 4 aliphatic carbocycles. The number of anilines is 1. The normalized spacial score (nSPS) is 29.3. The lowest BCUT2D eigenvalue weighted by Gasteiger charge is -2.56. The molecular formula is C24H26N2O3. The van der Waals surface area contributed by atoms with E-state index in [0.29, 0.717) is 11.3 Å². The van der Waals surface area contributed by atoms with Gasteiger partial charge in [0.25, 0.3) is 5.91 Å². The molecule has 4 aliphatic rings. The van der Waals surface area contributed by atoms with Crippen LogP contribution in [0, 0.1) is 17.8 Å². The average molecular weight is 390 g/mol. The highest BCUT2D eigenvalue weighted by Crippen LogP contribution is 2.55. The summed E-state index contributed by atoms with van der Waals surface area (Å²) in [4.78, 5) is 25.5. The SMILES string of the molecule is O=C(NC12CC3CC(CC(C3)C1)C2)Oc1ccccc1C(=O)Nc1ccccc1. The minimum atomic E-state index is -0.452. The number of hydrogen-bond acceptors (Lipinski definition) is 3. The first kappa shape index (κ1) is 18.2. The van der Waals surface area contributed by atoms with Crippen LogP contribution in [0.4, 0.5) is 10.5 Å². The predicted molar refractivity (Wildman–Crippen MR) is 111 cm³/mol. The second-order valence-corrected chi connectivity index (χ2v) is 9.03. The van der Waals surface area contributed by atoms with Gasteiger partial charge in [0.15, 0.2) is 0 Å². The molecule has 5 nitrogen and oxygen atoms in total. The number of carbonyl (C=O) groups excluding carboxylic acids is 2. The zero-order valence-electron chi connectivity index (χ0n) is 16.4. The third-order valence-electron chi connectivity index (χ3n) is 6.77. The minimum Gasteiger partial charge on any atom is -0.409 e. The van der Waals surface area contributed by atoms with Crippen molar-refractivity contribution in [2.75, 3.05) is 5.32 Å². The van der Waals surface area contributed by atoms with Crippen LogP contribution in [0.3, 0.4) is 0 Å². The van der Waals surface area contributed by atoms with Crippen molar-refractivity contribution in [3.63, 3.8) is 0 Å². The van der Waals surface area contributed by atoms with Crippen molar-refractivity contribution in [1.29, 1.82) is 0 Å². The Morgan fingerprint density at radius 2 is 1.41 bits per heavy atom. The lowest BCUT2D eigenvalue weighted by atomic mass is 9.53. The summed E-state index contributed by atoms with van der Waals surface area (Å²) in [6, 6.07) is 16.1.